The molecule has 0 saturated carbocycles. The highest BCUT2D eigenvalue weighted by atomic mass is 32.1. The van der Waals surface area contributed by atoms with E-state index in [4.69, 9.17) is 0 Å². The molecule has 0 radical (unpaired) electrons. The number of unbranched alkanes of at least 4 members (excludes halogenated alkanes) is 1. The molecule has 0 aliphatic carbocycles. The van der Waals surface area contributed by atoms with E-state index in [1.54, 1.807) is 11.3 Å². The molecule has 2 rings (SSSR count). The fourth-order valence-corrected chi connectivity index (χ4v) is 2.81. The van der Waals surface area contributed by atoms with Gasteiger partial charge >= 0.3 is 0 Å². The summed E-state index contributed by atoms with van der Waals surface area (Å²) in [5.74, 6) is 1.99. The van der Waals surface area contributed by atoms with Crippen LogP contribution in [-0.4, -0.2) is 16.5 Å². The van der Waals surface area contributed by atoms with Gasteiger partial charge in [0.1, 0.15) is 16.5 Å². The molecule has 0 bridgehead atoms. The zero-order valence-corrected chi connectivity index (χ0v) is 12.2. The van der Waals surface area contributed by atoms with Crippen LogP contribution in [0.25, 0.3) is 10.2 Å². The van der Waals surface area contributed by atoms with Crippen LogP contribution in [0.3, 0.4) is 0 Å². The van der Waals surface area contributed by atoms with Crippen LogP contribution in [-0.2, 0) is 6.42 Å². The molecule has 0 spiro atoms. The van der Waals surface area contributed by atoms with Gasteiger partial charge in [-0.25, -0.2) is 9.97 Å². The van der Waals surface area contributed by atoms with Crippen molar-refractivity contribution in [1.29, 1.82) is 0 Å². The Morgan fingerprint density at radius 3 is 2.78 bits per heavy atom. The van der Waals surface area contributed by atoms with Crippen molar-refractivity contribution in [2.24, 2.45) is 0 Å². The summed E-state index contributed by atoms with van der Waals surface area (Å²) in [5.41, 5.74) is 0. The minimum Gasteiger partial charge on any atom is -0.369 e. The average molecular weight is 263 g/mol. The van der Waals surface area contributed by atoms with Gasteiger partial charge in [-0.15, -0.1) is 11.3 Å². The number of fused-ring (bicyclic) bond motifs is 1. The first kappa shape index (κ1) is 13.3. The number of aryl methyl sites for hydroxylation is 2. The van der Waals surface area contributed by atoms with Gasteiger partial charge in [0.2, 0.25) is 0 Å². The molecule has 0 amide bonds. The highest BCUT2D eigenvalue weighted by molar-refractivity contribution is 7.18. The maximum Gasteiger partial charge on any atom is 0.138 e. The Bertz CT molecular complexity index is 519. The predicted octanol–water partition coefficient (Wildman–Crippen LogP) is 4.16. The molecule has 2 aromatic heterocycles. The first-order chi connectivity index (χ1) is 8.74. The van der Waals surface area contributed by atoms with Crippen molar-refractivity contribution in [3.63, 3.8) is 0 Å². The summed E-state index contributed by atoms with van der Waals surface area (Å²) in [6, 6.07) is 2.18. The maximum atomic E-state index is 4.67. The van der Waals surface area contributed by atoms with Gasteiger partial charge in [0.15, 0.2) is 0 Å². The van der Waals surface area contributed by atoms with Crippen LogP contribution in [0.2, 0.25) is 0 Å². The molecular formula is C14H21N3S. The lowest BCUT2D eigenvalue weighted by molar-refractivity contribution is 0.757. The van der Waals surface area contributed by atoms with Gasteiger partial charge < -0.3 is 5.32 Å². The monoisotopic (exact) mass is 263 g/mol. The van der Waals surface area contributed by atoms with E-state index in [0.717, 1.165) is 42.3 Å². The third-order valence-corrected chi connectivity index (χ3v) is 3.80. The summed E-state index contributed by atoms with van der Waals surface area (Å²) in [7, 11) is 0. The molecule has 0 aliphatic rings. The van der Waals surface area contributed by atoms with Gasteiger partial charge in [-0.1, -0.05) is 20.3 Å². The van der Waals surface area contributed by atoms with Crippen LogP contribution in [0, 0.1) is 6.92 Å². The Kier molecular flexibility index (Phi) is 4.53. The van der Waals surface area contributed by atoms with Crippen LogP contribution in [0.1, 0.15) is 43.8 Å². The molecule has 0 aliphatic heterocycles. The number of nitrogens with one attached hydrogen (secondary N) is 1. The van der Waals surface area contributed by atoms with Crippen LogP contribution in [0.4, 0.5) is 5.82 Å². The Morgan fingerprint density at radius 2 is 2.06 bits per heavy atom. The van der Waals surface area contributed by atoms with E-state index in [9.17, 15) is 0 Å². The van der Waals surface area contributed by atoms with E-state index in [-0.39, 0.29) is 0 Å². The van der Waals surface area contributed by atoms with Crippen molar-refractivity contribution >= 4 is 27.4 Å². The van der Waals surface area contributed by atoms with Crippen molar-refractivity contribution < 1.29 is 0 Å². The summed E-state index contributed by atoms with van der Waals surface area (Å²) in [5, 5.41) is 4.60. The topological polar surface area (TPSA) is 37.8 Å². The summed E-state index contributed by atoms with van der Waals surface area (Å²) < 4.78 is 0. The predicted molar refractivity (Wildman–Crippen MR) is 79.5 cm³/mol. The number of thiophene rings is 1. The van der Waals surface area contributed by atoms with Gasteiger partial charge in [-0.05, 0) is 25.8 Å². The first-order valence-corrected chi connectivity index (χ1v) is 7.57. The van der Waals surface area contributed by atoms with E-state index in [2.05, 4.69) is 42.1 Å². The molecule has 98 valence electrons. The molecule has 3 nitrogen and oxygen atoms in total. The van der Waals surface area contributed by atoms with Gasteiger partial charge in [-0.2, -0.15) is 0 Å². The zero-order chi connectivity index (χ0) is 13.0. The van der Waals surface area contributed by atoms with Crippen LogP contribution >= 0.6 is 11.3 Å². The van der Waals surface area contributed by atoms with Gasteiger partial charge in [-0.3, -0.25) is 0 Å². The third-order valence-electron chi connectivity index (χ3n) is 2.86. The quantitative estimate of drug-likeness (QED) is 0.850. The van der Waals surface area contributed by atoms with Crippen molar-refractivity contribution in [2.75, 3.05) is 11.9 Å². The molecule has 0 unspecified atom stereocenters. The van der Waals surface area contributed by atoms with Crippen molar-refractivity contribution in [3.8, 4) is 0 Å². The fourth-order valence-electron chi connectivity index (χ4n) is 1.91. The highest BCUT2D eigenvalue weighted by Crippen LogP contribution is 2.28. The molecule has 4 heteroatoms. The number of hydrogen-bond donors (Lipinski definition) is 1. The first-order valence-electron chi connectivity index (χ1n) is 6.75. The molecule has 0 saturated heterocycles. The van der Waals surface area contributed by atoms with Crippen molar-refractivity contribution in [2.45, 2.75) is 46.5 Å². The van der Waals surface area contributed by atoms with Crippen LogP contribution < -0.4 is 5.32 Å². The number of rotatable bonds is 6. The summed E-state index contributed by atoms with van der Waals surface area (Å²) in [6.07, 6.45) is 4.43. The average Bonchev–Trinajstić information content (AvgIpc) is 2.73. The Morgan fingerprint density at radius 1 is 1.22 bits per heavy atom. The molecule has 18 heavy (non-hydrogen) atoms. The lowest BCUT2D eigenvalue weighted by Gasteiger charge is -2.07. The summed E-state index contributed by atoms with van der Waals surface area (Å²) in [4.78, 5) is 11.8. The summed E-state index contributed by atoms with van der Waals surface area (Å²) in [6.45, 7) is 7.46. The van der Waals surface area contributed by atoms with Gasteiger partial charge in [0, 0.05) is 17.8 Å². The maximum absolute atomic E-state index is 4.67. The molecular weight excluding hydrogens is 242 g/mol. The highest BCUT2D eigenvalue weighted by Gasteiger charge is 2.09. The number of anilines is 1. The Balaban J connectivity index is 2.36. The number of aromatic nitrogens is 2. The number of nitrogens with zero attached hydrogens (tertiary/aromatic N) is 2. The zero-order valence-electron chi connectivity index (χ0n) is 11.4. The van der Waals surface area contributed by atoms with Crippen molar-refractivity contribution in [1.82, 2.24) is 9.97 Å². The van der Waals surface area contributed by atoms with E-state index < -0.39 is 0 Å². The van der Waals surface area contributed by atoms with Crippen LogP contribution in [0.15, 0.2) is 6.07 Å². The van der Waals surface area contributed by atoms with Gasteiger partial charge in [0.25, 0.3) is 0 Å². The fraction of sp³-hybridized carbons (Fsp3) is 0.571. The third kappa shape index (κ3) is 2.99. The number of hydrogen-bond acceptors (Lipinski definition) is 4. The lowest BCUT2D eigenvalue weighted by Crippen LogP contribution is -2.05. The second-order valence-electron chi connectivity index (χ2n) is 4.59. The molecule has 2 aromatic rings. The Hall–Kier alpha value is -1.16. The molecule has 2 heterocycles. The molecule has 0 atom stereocenters. The summed E-state index contributed by atoms with van der Waals surface area (Å²) >= 11 is 1.76. The largest absolute Gasteiger partial charge is 0.369 e. The standard InChI is InChI=1S/C14H21N3S/c1-4-6-7-12-16-13(15-8-5-2)11-9-10(3)18-14(11)17-12/h9H,4-8H2,1-3H3,(H,15,16,17). The lowest BCUT2D eigenvalue weighted by atomic mass is 10.2. The van der Waals surface area contributed by atoms with E-state index in [0.29, 0.717) is 0 Å². The Labute approximate surface area is 113 Å². The minimum atomic E-state index is 0.966. The second kappa shape index (κ2) is 6.14. The minimum absolute atomic E-state index is 0.966. The van der Waals surface area contributed by atoms with E-state index in [1.165, 1.54) is 16.7 Å². The van der Waals surface area contributed by atoms with Crippen molar-refractivity contribution in [3.05, 3.63) is 16.8 Å². The molecule has 0 aromatic carbocycles. The van der Waals surface area contributed by atoms with Gasteiger partial charge in [0.05, 0.1) is 5.39 Å². The molecule has 0 fully saturated rings. The van der Waals surface area contributed by atoms with E-state index >= 15 is 0 Å². The normalized spacial score (nSPS) is 11.1. The molecule has 1 N–H and O–H groups in total. The van der Waals surface area contributed by atoms with E-state index in [1.807, 2.05) is 0 Å². The smallest absolute Gasteiger partial charge is 0.138 e. The second-order valence-corrected chi connectivity index (χ2v) is 5.83. The van der Waals surface area contributed by atoms with Crippen LogP contribution in [0.5, 0.6) is 0 Å². The SMILES string of the molecule is CCCCc1nc(NCCC)c2cc(C)sc2n1.